The van der Waals surface area contributed by atoms with Gasteiger partial charge < -0.3 is 4.89 Å². The standard InChI is InChI=1S/C16H19O2PS2/c1-11-7-5-9-15(13(11)3)20-19(17,18)21-16-10-6-8-12(2)14(16)4/h5-10H,1-4H3,(H,17,18). The van der Waals surface area contributed by atoms with Crippen molar-refractivity contribution in [3.05, 3.63) is 58.7 Å². The van der Waals surface area contributed by atoms with Crippen molar-refractivity contribution in [2.45, 2.75) is 37.5 Å². The Balaban J connectivity index is 2.25. The zero-order chi connectivity index (χ0) is 15.6. The van der Waals surface area contributed by atoms with Crippen molar-refractivity contribution in [2.75, 3.05) is 0 Å². The van der Waals surface area contributed by atoms with Crippen molar-refractivity contribution < 1.29 is 9.46 Å². The highest BCUT2D eigenvalue weighted by Gasteiger charge is 2.24. The maximum atomic E-state index is 12.6. The Hall–Kier alpha value is -0.670. The summed E-state index contributed by atoms with van der Waals surface area (Å²) in [5.74, 6) is -3.40. The average molecular weight is 338 g/mol. The van der Waals surface area contributed by atoms with Crippen molar-refractivity contribution in [3.63, 3.8) is 0 Å². The minimum Gasteiger partial charge on any atom is -0.329 e. The van der Waals surface area contributed by atoms with E-state index in [0.29, 0.717) is 0 Å². The lowest BCUT2D eigenvalue weighted by Gasteiger charge is -2.14. The predicted octanol–water partition coefficient (Wildman–Crippen LogP) is 5.91. The molecule has 5 heteroatoms. The summed E-state index contributed by atoms with van der Waals surface area (Å²) in [6.45, 7) is 8.00. The molecule has 0 aliphatic rings. The number of hydrogen-bond donors (Lipinski definition) is 1. The zero-order valence-corrected chi connectivity index (χ0v) is 15.1. The lowest BCUT2D eigenvalue weighted by Crippen LogP contribution is -1.85. The van der Waals surface area contributed by atoms with Crippen LogP contribution in [0.1, 0.15) is 22.3 Å². The summed E-state index contributed by atoms with van der Waals surface area (Å²) in [6.07, 6.45) is 0. The Morgan fingerprint density at radius 2 is 1.19 bits per heavy atom. The van der Waals surface area contributed by atoms with Gasteiger partial charge in [0.05, 0.1) is 0 Å². The van der Waals surface area contributed by atoms with E-state index in [-0.39, 0.29) is 0 Å². The monoisotopic (exact) mass is 338 g/mol. The van der Waals surface area contributed by atoms with Crippen LogP contribution in [0.3, 0.4) is 0 Å². The molecule has 2 nitrogen and oxygen atoms in total. The van der Waals surface area contributed by atoms with E-state index in [9.17, 15) is 9.46 Å². The molecule has 2 aromatic rings. The van der Waals surface area contributed by atoms with Crippen molar-refractivity contribution in [3.8, 4) is 0 Å². The molecular formula is C16H19O2PS2. The molecule has 0 bridgehead atoms. The normalized spacial score (nSPS) is 11.7. The molecule has 2 rings (SSSR count). The first-order valence-electron chi connectivity index (χ1n) is 6.64. The zero-order valence-electron chi connectivity index (χ0n) is 12.6. The van der Waals surface area contributed by atoms with Gasteiger partial charge >= 0.3 is 5.77 Å². The smallest absolute Gasteiger partial charge is 0.320 e. The molecule has 112 valence electrons. The van der Waals surface area contributed by atoms with Crippen LogP contribution < -0.4 is 0 Å². The van der Waals surface area contributed by atoms with Crippen molar-refractivity contribution >= 4 is 28.5 Å². The van der Waals surface area contributed by atoms with Gasteiger partial charge in [0.15, 0.2) is 0 Å². The summed E-state index contributed by atoms with van der Waals surface area (Å²) in [5, 5.41) is 0. The quantitative estimate of drug-likeness (QED) is 0.704. The summed E-state index contributed by atoms with van der Waals surface area (Å²) in [4.78, 5) is 12.1. The molecule has 0 amide bonds. The molecule has 0 unspecified atom stereocenters. The molecule has 1 N–H and O–H groups in total. The van der Waals surface area contributed by atoms with E-state index in [4.69, 9.17) is 0 Å². The first kappa shape index (κ1) is 16.7. The van der Waals surface area contributed by atoms with Crippen LogP contribution in [0.2, 0.25) is 0 Å². The third-order valence-electron chi connectivity index (χ3n) is 3.54. The minimum atomic E-state index is -3.40. The molecule has 0 heterocycles. The van der Waals surface area contributed by atoms with E-state index >= 15 is 0 Å². The molecule has 0 aliphatic carbocycles. The molecule has 0 radical (unpaired) electrons. The average Bonchev–Trinajstić information content (AvgIpc) is 2.40. The molecule has 0 saturated carbocycles. The Morgan fingerprint density at radius 3 is 1.57 bits per heavy atom. The third kappa shape index (κ3) is 4.17. The fourth-order valence-electron chi connectivity index (χ4n) is 1.91. The highest BCUT2D eigenvalue weighted by Crippen LogP contribution is 2.71. The van der Waals surface area contributed by atoms with Crippen LogP contribution in [0.4, 0.5) is 0 Å². The Bertz CT molecular complexity index is 656. The van der Waals surface area contributed by atoms with Gasteiger partial charge in [0.1, 0.15) is 0 Å². The van der Waals surface area contributed by atoms with E-state index in [1.165, 1.54) is 0 Å². The molecule has 0 spiro atoms. The van der Waals surface area contributed by atoms with Gasteiger partial charge in [-0.2, -0.15) is 0 Å². The molecule has 2 aromatic carbocycles. The lowest BCUT2D eigenvalue weighted by molar-refractivity contribution is 0.514. The molecule has 0 aliphatic heterocycles. The molecular weight excluding hydrogens is 319 g/mol. The third-order valence-corrected chi connectivity index (χ3v) is 9.18. The first-order valence-corrected chi connectivity index (χ1v) is 11.1. The molecule has 0 saturated heterocycles. The summed E-state index contributed by atoms with van der Waals surface area (Å²) in [7, 11) is 0. The fraction of sp³-hybridized carbons (Fsp3) is 0.250. The highest BCUT2D eigenvalue weighted by molar-refractivity contribution is 8.89. The largest absolute Gasteiger partial charge is 0.329 e. The lowest BCUT2D eigenvalue weighted by atomic mass is 10.1. The topological polar surface area (TPSA) is 37.3 Å². The summed E-state index contributed by atoms with van der Waals surface area (Å²) in [6, 6.07) is 11.7. The second kappa shape index (κ2) is 6.62. The van der Waals surface area contributed by atoms with Gasteiger partial charge in [0.2, 0.25) is 0 Å². The van der Waals surface area contributed by atoms with Crippen LogP contribution in [0.5, 0.6) is 0 Å². The van der Waals surface area contributed by atoms with Gasteiger partial charge in [0.25, 0.3) is 0 Å². The molecule has 0 fully saturated rings. The molecule has 0 aromatic heterocycles. The van der Waals surface area contributed by atoms with E-state index in [2.05, 4.69) is 0 Å². The Morgan fingerprint density at radius 1 is 0.810 bits per heavy atom. The van der Waals surface area contributed by atoms with E-state index in [1.807, 2.05) is 64.1 Å². The first-order chi connectivity index (χ1) is 9.80. The summed E-state index contributed by atoms with van der Waals surface area (Å²) in [5.41, 5.74) is 4.41. The number of aryl methyl sites for hydroxylation is 2. The highest BCUT2D eigenvalue weighted by atomic mass is 33.1. The van der Waals surface area contributed by atoms with Gasteiger partial charge in [0, 0.05) is 9.79 Å². The van der Waals surface area contributed by atoms with Crippen LogP contribution in [0.15, 0.2) is 46.2 Å². The van der Waals surface area contributed by atoms with Gasteiger partial charge in [-0.25, -0.2) is 0 Å². The van der Waals surface area contributed by atoms with Crippen molar-refractivity contribution in [1.82, 2.24) is 0 Å². The van der Waals surface area contributed by atoms with Crippen LogP contribution in [-0.4, -0.2) is 4.89 Å². The van der Waals surface area contributed by atoms with E-state index in [1.54, 1.807) is 0 Å². The Labute approximate surface area is 134 Å². The van der Waals surface area contributed by atoms with Gasteiger partial charge in [-0.1, -0.05) is 24.3 Å². The van der Waals surface area contributed by atoms with Crippen molar-refractivity contribution in [1.29, 1.82) is 0 Å². The minimum absolute atomic E-state index is 0.874. The number of benzene rings is 2. The molecule has 0 atom stereocenters. The second-order valence-corrected chi connectivity index (χ2v) is 12.0. The second-order valence-electron chi connectivity index (χ2n) is 5.05. The number of hydrogen-bond acceptors (Lipinski definition) is 3. The Kier molecular flexibility index (Phi) is 5.26. The van der Waals surface area contributed by atoms with Crippen LogP contribution in [-0.2, 0) is 4.57 Å². The van der Waals surface area contributed by atoms with Gasteiger partial charge in [-0.3, -0.25) is 4.57 Å². The van der Waals surface area contributed by atoms with Gasteiger partial charge in [-0.15, -0.1) is 0 Å². The fourth-order valence-corrected chi connectivity index (χ4v) is 7.89. The predicted molar refractivity (Wildman–Crippen MR) is 93.4 cm³/mol. The van der Waals surface area contributed by atoms with E-state index < -0.39 is 5.77 Å². The van der Waals surface area contributed by atoms with Crippen LogP contribution in [0.25, 0.3) is 0 Å². The molecule has 21 heavy (non-hydrogen) atoms. The maximum absolute atomic E-state index is 12.6. The van der Waals surface area contributed by atoms with Crippen LogP contribution in [0, 0.1) is 27.7 Å². The maximum Gasteiger partial charge on any atom is 0.320 e. The van der Waals surface area contributed by atoms with Crippen molar-refractivity contribution in [2.24, 2.45) is 0 Å². The van der Waals surface area contributed by atoms with Gasteiger partial charge in [-0.05, 0) is 84.8 Å². The number of rotatable bonds is 4. The van der Waals surface area contributed by atoms with Crippen LogP contribution >= 0.6 is 28.5 Å². The summed E-state index contributed by atoms with van der Waals surface area (Å²) < 4.78 is 12.6. The van der Waals surface area contributed by atoms with E-state index in [0.717, 1.165) is 54.8 Å². The SMILES string of the molecule is Cc1cccc(SP(=O)(O)Sc2cccc(C)c2C)c1C. The summed E-state index contributed by atoms with van der Waals surface area (Å²) >= 11 is 2.14.